The molecule has 0 saturated carbocycles. The number of nitrogens with one attached hydrogen (secondary N) is 1. The second-order valence-corrected chi connectivity index (χ2v) is 4.06. The van der Waals surface area contributed by atoms with Gasteiger partial charge in [0.25, 0.3) is 0 Å². The van der Waals surface area contributed by atoms with Gasteiger partial charge in [-0.05, 0) is 33.6 Å². The number of carbonyl (C=O) groups excluding carboxylic acids is 2. The molecule has 0 fully saturated rings. The van der Waals surface area contributed by atoms with Crippen LogP contribution in [0.1, 0.15) is 15.9 Å². The number of fused-ring (bicyclic) bond motifs is 1. The van der Waals surface area contributed by atoms with Crippen molar-refractivity contribution in [3.8, 4) is 0 Å². The molecule has 78 valence electrons. The third-order valence-electron chi connectivity index (χ3n) is 2.22. The average Bonchev–Trinajstić information content (AvgIpc) is 2.55. The fourth-order valence-corrected chi connectivity index (χ4v) is 2.02. The van der Waals surface area contributed by atoms with Gasteiger partial charge in [0.2, 0.25) is 5.91 Å². The molecule has 4 nitrogen and oxygen atoms in total. The molecule has 0 saturated heterocycles. The number of carbonyl (C=O) groups is 2. The van der Waals surface area contributed by atoms with Gasteiger partial charge in [-0.1, -0.05) is 0 Å². The van der Waals surface area contributed by atoms with Crippen molar-refractivity contribution < 1.29 is 14.3 Å². The van der Waals surface area contributed by atoms with E-state index in [1.54, 1.807) is 12.1 Å². The highest BCUT2D eigenvalue weighted by Crippen LogP contribution is 2.30. The van der Waals surface area contributed by atoms with Crippen LogP contribution in [0.3, 0.4) is 0 Å². The Kier molecular flexibility index (Phi) is 2.48. The lowest BCUT2D eigenvalue weighted by atomic mass is 10.1. The highest BCUT2D eigenvalue weighted by atomic mass is 79.9. The van der Waals surface area contributed by atoms with Crippen LogP contribution in [0.5, 0.6) is 0 Å². The van der Waals surface area contributed by atoms with Crippen molar-refractivity contribution in [1.82, 2.24) is 0 Å². The number of rotatable bonds is 1. The summed E-state index contributed by atoms with van der Waals surface area (Å²) >= 11 is 3.26. The molecule has 1 N–H and O–H groups in total. The lowest BCUT2D eigenvalue weighted by Crippen LogP contribution is -2.03. The van der Waals surface area contributed by atoms with Crippen LogP contribution in [0, 0.1) is 0 Å². The molecule has 1 amide bonds. The summed E-state index contributed by atoms with van der Waals surface area (Å²) in [5, 5.41) is 2.70. The molecule has 0 aliphatic carbocycles. The number of anilines is 1. The molecule has 0 atom stereocenters. The summed E-state index contributed by atoms with van der Waals surface area (Å²) in [7, 11) is 1.32. The van der Waals surface area contributed by atoms with Crippen LogP contribution in [0.2, 0.25) is 0 Å². The van der Waals surface area contributed by atoms with Gasteiger partial charge < -0.3 is 10.1 Å². The molecule has 1 aliphatic rings. The number of amides is 1. The Balaban J connectivity index is 2.48. The number of ether oxygens (including phenoxy) is 1. The topological polar surface area (TPSA) is 55.4 Å². The fourth-order valence-electron chi connectivity index (χ4n) is 1.51. The number of methoxy groups -OCH3 is 1. The van der Waals surface area contributed by atoms with Crippen LogP contribution in [-0.4, -0.2) is 19.0 Å². The number of hydrogen-bond acceptors (Lipinski definition) is 3. The Morgan fingerprint density at radius 1 is 1.53 bits per heavy atom. The molecule has 1 aliphatic heterocycles. The highest BCUT2D eigenvalue weighted by molar-refractivity contribution is 9.10. The van der Waals surface area contributed by atoms with Crippen molar-refractivity contribution >= 4 is 33.5 Å². The maximum Gasteiger partial charge on any atom is 0.339 e. The number of hydrogen-bond donors (Lipinski definition) is 1. The van der Waals surface area contributed by atoms with Crippen molar-refractivity contribution in [3.63, 3.8) is 0 Å². The quantitative estimate of drug-likeness (QED) is 0.790. The first-order chi connectivity index (χ1) is 7.11. The van der Waals surface area contributed by atoms with Gasteiger partial charge >= 0.3 is 5.97 Å². The van der Waals surface area contributed by atoms with Crippen LogP contribution >= 0.6 is 15.9 Å². The molecule has 0 spiro atoms. The molecule has 0 aromatic heterocycles. The largest absolute Gasteiger partial charge is 0.465 e. The second kappa shape index (κ2) is 3.66. The highest BCUT2D eigenvalue weighted by Gasteiger charge is 2.21. The third kappa shape index (κ3) is 1.74. The van der Waals surface area contributed by atoms with E-state index in [2.05, 4.69) is 26.0 Å². The predicted molar refractivity (Wildman–Crippen MR) is 57.8 cm³/mol. The van der Waals surface area contributed by atoms with Crippen molar-refractivity contribution in [2.45, 2.75) is 6.42 Å². The van der Waals surface area contributed by atoms with Gasteiger partial charge in [-0.3, -0.25) is 4.79 Å². The molecule has 15 heavy (non-hydrogen) atoms. The van der Waals surface area contributed by atoms with Gasteiger partial charge in [-0.15, -0.1) is 0 Å². The molecule has 1 aromatic carbocycles. The normalized spacial score (nSPS) is 13.3. The molecule has 0 unspecified atom stereocenters. The SMILES string of the molecule is COC(=O)c1cc2c(cc1Br)NC(=O)C2. The van der Waals surface area contributed by atoms with E-state index in [9.17, 15) is 9.59 Å². The van der Waals surface area contributed by atoms with Crippen LogP contribution in [0.25, 0.3) is 0 Å². The summed E-state index contributed by atoms with van der Waals surface area (Å²) in [6.07, 6.45) is 0.312. The van der Waals surface area contributed by atoms with Crippen molar-refractivity contribution in [2.24, 2.45) is 0 Å². The summed E-state index contributed by atoms with van der Waals surface area (Å²) in [5.41, 5.74) is 2.01. The predicted octanol–water partition coefficient (Wildman–Crippen LogP) is 1.73. The number of esters is 1. The standard InChI is InChI=1S/C10H8BrNO3/c1-15-10(14)6-2-5-3-9(13)12-8(5)4-7(6)11/h2,4H,3H2,1H3,(H,12,13). The maximum atomic E-state index is 11.4. The van der Waals surface area contributed by atoms with E-state index in [1.807, 2.05) is 0 Å². The first-order valence-electron chi connectivity index (χ1n) is 4.32. The van der Waals surface area contributed by atoms with E-state index in [-0.39, 0.29) is 5.91 Å². The Hall–Kier alpha value is -1.36. The molecule has 2 rings (SSSR count). The Morgan fingerprint density at radius 3 is 2.93 bits per heavy atom. The monoisotopic (exact) mass is 269 g/mol. The molecule has 0 radical (unpaired) electrons. The Bertz CT molecular complexity index is 456. The molecule has 1 aromatic rings. The van der Waals surface area contributed by atoms with E-state index < -0.39 is 5.97 Å². The minimum atomic E-state index is -0.413. The number of halogens is 1. The summed E-state index contributed by atoms with van der Waals surface area (Å²) in [5.74, 6) is -0.470. The molecule has 0 bridgehead atoms. The van der Waals surface area contributed by atoms with Crippen LogP contribution in [-0.2, 0) is 16.0 Å². The Labute approximate surface area is 94.7 Å². The van der Waals surface area contributed by atoms with Crippen LogP contribution in [0.4, 0.5) is 5.69 Å². The maximum absolute atomic E-state index is 11.4. The average molecular weight is 270 g/mol. The van der Waals surface area contributed by atoms with E-state index in [4.69, 9.17) is 0 Å². The van der Waals surface area contributed by atoms with Gasteiger partial charge in [0, 0.05) is 10.2 Å². The van der Waals surface area contributed by atoms with Gasteiger partial charge in [-0.25, -0.2) is 4.79 Å². The summed E-state index contributed by atoms with van der Waals surface area (Å²) in [6.45, 7) is 0. The summed E-state index contributed by atoms with van der Waals surface area (Å²) in [6, 6.07) is 3.38. The molecular weight excluding hydrogens is 262 g/mol. The lowest BCUT2D eigenvalue weighted by molar-refractivity contribution is -0.115. The zero-order chi connectivity index (χ0) is 11.0. The minimum Gasteiger partial charge on any atom is -0.465 e. The zero-order valence-electron chi connectivity index (χ0n) is 7.96. The zero-order valence-corrected chi connectivity index (χ0v) is 9.55. The van der Waals surface area contributed by atoms with Crippen LogP contribution < -0.4 is 5.32 Å². The second-order valence-electron chi connectivity index (χ2n) is 3.21. The van der Waals surface area contributed by atoms with Gasteiger partial charge in [0.15, 0.2) is 0 Å². The van der Waals surface area contributed by atoms with Crippen molar-refractivity contribution in [2.75, 3.05) is 12.4 Å². The van der Waals surface area contributed by atoms with Gasteiger partial charge in [0.05, 0.1) is 19.1 Å². The van der Waals surface area contributed by atoms with Crippen molar-refractivity contribution in [1.29, 1.82) is 0 Å². The first kappa shape index (κ1) is 10.2. The van der Waals surface area contributed by atoms with Gasteiger partial charge in [-0.2, -0.15) is 0 Å². The minimum absolute atomic E-state index is 0.0566. The fraction of sp³-hybridized carbons (Fsp3) is 0.200. The van der Waals surface area contributed by atoms with Gasteiger partial charge in [0.1, 0.15) is 0 Å². The van der Waals surface area contributed by atoms with Crippen LogP contribution in [0.15, 0.2) is 16.6 Å². The van der Waals surface area contributed by atoms with E-state index >= 15 is 0 Å². The summed E-state index contributed by atoms with van der Waals surface area (Å²) < 4.78 is 5.25. The molecule has 1 heterocycles. The third-order valence-corrected chi connectivity index (χ3v) is 2.88. The Morgan fingerprint density at radius 2 is 2.27 bits per heavy atom. The smallest absolute Gasteiger partial charge is 0.339 e. The molecule has 5 heteroatoms. The van der Waals surface area contributed by atoms with Crippen molar-refractivity contribution in [3.05, 3.63) is 27.7 Å². The first-order valence-corrected chi connectivity index (χ1v) is 5.11. The number of benzene rings is 1. The van der Waals surface area contributed by atoms with E-state index in [0.717, 1.165) is 11.3 Å². The van der Waals surface area contributed by atoms with E-state index in [1.165, 1.54) is 7.11 Å². The van der Waals surface area contributed by atoms with E-state index in [0.29, 0.717) is 16.5 Å². The summed E-state index contributed by atoms with van der Waals surface area (Å²) in [4.78, 5) is 22.5. The molecular formula is C10H8BrNO3. The lowest BCUT2D eigenvalue weighted by Gasteiger charge is -2.05.